The van der Waals surface area contributed by atoms with Crippen molar-refractivity contribution in [3.05, 3.63) is 51.5 Å². The van der Waals surface area contributed by atoms with E-state index in [9.17, 15) is 9.59 Å². The van der Waals surface area contributed by atoms with Crippen LogP contribution in [0, 0.1) is 4.77 Å². The lowest BCUT2D eigenvalue weighted by Crippen LogP contribution is -2.25. The number of hydrogen-bond donors (Lipinski definition) is 2. The van der Waals surface area contributed by atoms with Crippen molar-refractivity contribution in [3.8, 4) is 0 Å². The summed E-state index contributed by atoms with van der Waals surface area (Å²) in [6.07, 6.45) is 3.58. The summed E-state index contributed by atoms with van der Waals surface area (Å²) in [7, 11) is 0. The molecular formula is C16H19N3O2S. The van der Waals surface area contributed by atoms with E-state index in [-0.39, 0.29) is 11.5 Å². The molecule has 0 aliphatic heterocycles. The molecule has 116 valence electrons. The summed E-state index contributed by atoms with van der Waals surface area (Å²) in [5.41, 5.74) is 0.894. The minimum absolute atomic E-state index is 0.148. The van der Waals surface area contributed by atoms with E-state index in [1.165, 1.54) is 4.57 Å². The van der Waals surface area contributed by atoms with Gasteiger partial charge in [-0.1, -0.05) is 19.4 Å². The molecule has 2 aromatic rings. The average molecular weight is 317 g/mol. The van der Waals surface area contributed by atoms with Gasteiger partial charge in [0.2, 0.25) is 0 Å². The maximum absolute atomic E-state index is 12.4. The second kappa shape index (κ2) is 7.17. The number of benzene rings is 1. The van der Waals surface area contributed by atoms with Gasteiger partial charge in [-0.05, 0) is 36.8 Å². The Morgan fingerprint density at radius 1 is 1.50 bits per heavy atom. The summed E-state index contributed by atoms with van der Waals surface area (Å²) in [4.78, 5) is 27.4. The molecule has 2 rings (SSSR count). The average Bonchev–Trinajstić information content (AvgIpc) is 2.51. The van der Waals surface area contributed by atoms with E-state index >= 15 is 0 Å². The van der Waals surface area contributed by atoms with Crippen LogP contribution in [-0.4, -0.2) is 22.0 Å². The van der Waals surface area contributed by atoms with E-state index in [1.807, 2.05) is 0 Å². The SMILES string of the molecule is C=CCn1c(=S)[nH]c2cc(C(=O)NCCCC)ccc2c1=O. The van der Waals surface area contributed by atoms with Gasteiger partial charge >= 0.3 is 0 Å². The van der Waals surface area contributed by atoms with Crippen molar-refractivity contribution in [1.29, 1.82) is 0 Å². The van der Waals surface area contributed by atoms with Crippen LogP contribution in [0.4, 0.5) is 0 Å². The molecule has 22 heavy (non-hydrogen) atoms. The van der Waals surface area contributed by atoms with Gasteiger partial charge in [0, 0.05) is 18.7 Å². The van der Waals surface area contributed by atoms with E-state index in [0.717, 1.165) is 12.8 Å². The number of H-pyrrole nitrogens is 1. The number of nitrogens with zero attached hydrogens (tertiary/aromatic N) is 1. The molecule has 0 bridgehead atoms. The maximum atomic E-state index is 12.4. The molecule has 0 aliphatic carbocycles. The van der Waals surface area contributed by atoms with Crippen molar-refractivity contribution >= 4 is 29.0 Å². The Morgan fingerprint density at radius 2 is 2.27 bits per heavy atom. The summed E-state index contributed by atoms with van der Waals surface area (Å²) < 4.78 is 1.76. The first-order valence-corrected chi connectivity index (χ1v) is 7.65. The Balaban J connectivity index is 2.41. The molecule has 0 saturated heterocycles. The van der Waals surface area contributed by atoms with E-state index in [1.54, 1.807) is 24.3 Å². The molecule has 0 saturated carbocycles. The Labute approximate surface area is 133 Å². The largest absolute Gasteiger partial charge is 0.352 e. The predicted octanol–water partition coefficient (Wildman–Crippen LogP) is 2.77. The van der Waals surface area contributed by atoms with Crippen LogP contribution in [-0.2, 0) is 6.54 Å². The Bertz CT molecular complexity index is 820. The van der Waals surface area contributed by atoms with Gasteiger partial charge in [-0.25, -0.2) is 0 Å². The highest BCUT2D eigenvalue weighted by Crippen LogP contribution is 2.11. The summed E-state index contributed by atoms with van der Waals surface area (Å²) in [6.45, 7) is 6.68. The highest BCUT2D eigenvalue weighted by Gasteiger charge is 2.09. The molecule has 1 heterocycles. The molecule has 6 heteroatoms. The van der Waals surface area contributed by atoms with Crippen LogP contribution < -0.4 is 10.9 Å². The van der Waals surface area contributed by atoms with Crippen LogP contribution in [0.15, 0.2) is 35.6 Å². The monoisotopic (exact) mass is 317 g/mol. The summed E-state index contributed by atoms with van der Waals surface area (Å²) in [6, 6.07) is 4.96. The van der Waals surface area contributed by atoms with Crippen molar-refractivity contribution in [1.82, 2.24) is 14.9 Å². The number of allylic oxidation sites excluding steroid dienone is 1. The Kier molecular flexibility index (Phi) is 5.27. The van der Waals surface area contributed by atoms with Crippen LogP contribution in [0.25, 0.3) is 10.9 Å². The minimum Gasteiger partial charge on any atom is -0.352 e. The van der Waals surface area contributed by atoms with E-state index in [0.29, 0.717) is 34.3 Å². The van der Waals surface area contributed by atoms with Crippen molar-refractivity contribution < 1.29 is 4.79 Å². The van der Waals surface area contributed by atoms with Gasteiger partial charge in [0.25, 0.3) is 11.5 Å². The molecule has 0 aliphatic rings. The molecule has 1 aromatic carbocycles. The van der Waals surface area contributed by atoms with Gasteiger partial charge in [-0.15, -0.1) is 6.58 Å². The number of fused-ring (bicyclic) bond motifs is 1. The fourth-order valence-corrected chi connectivity index (χ4v) is 2.44. The van der Waals surface area contributed by atoms with Gasteiger partial charge in [0.15, 0.2) is 4.77 Å². The minimum atomic E-state index is -0.184. The summed E-state index contributed by atoms with van der Waals surface area (Å²) in [5, 5.41) is 3.35. The fraction of sp³-hybridized carbons (Fsp3) is 0.312. The van der Waals surface area contributed by atoms with Gasteiger partial charge < -0.3 is 10.3 Å². The van der Waals surface area contributed by atoms with E-state index in [2.05, 4.69) is 23.8 Å². The smallest absolute Gasteiger partial charge is 0.262 e. The number of hydrogen-bond acceptors (Lipinski definition) is 3. The topological polar surface area (TPSA) is 66.9 Å². The molecule has 0 atom stereocenters. The molecule has 0 radical (unpaired) electrons. The van der Waals surface area contributed by atoms with Gasteiger partial charge in [-0.2, -0.15) is 0 Å². The van der Waals surface area contributed by atoms with Crippen molar-refractivity contribution in [2.45, 2.75) is 26.3 Å². The van der Waals surface area contributed by atoms with Crippen molar-refractivity contribution in [3.63, 3.8) is 0 Å². The molecular weight excluding hydrogens is 298 g/mol. The molecule has 5 nitrogen and oxygen atoms in total. The third-order valence-electron chi connectivity index (χ3n) is 3.37. The quantitative estimate of drug-likeness (QED) is 0.489. The van der Waals surface area contributed by atoms with Gasteiger partial charge in [-0.3, -0.25) is 14.2 Å². The Morgan fingerprint density at radius 3 is 2.95 bits per heavy atom. The van der Waals surface area contributed by atoms with Crippen LogP contribution in [0.5, 0.6) is 0 Å². The molecule has 0 fully saturated rings. The number of rotatable bonds is 6. The predicted molar refractivity (Wildman–Crippen MR) is 90.8 cm³/mol. The van der Waals surface area contributed by atoms with E-state index in [4.69, 9.17) is 12.2 Å². The lowest BCUT2D eigenvalue weighted by atomic mass is 10.1. The van der Waals surface area contributed by atoms with Crippen LogP contribution >= 0.6 is 12.2 Å². The maximum Gasteiger partial charge on any atom is 0.262 e. The third-order valence-corrected chi connectivity index (χ3v) is 3.69. The second-order valence-corrected chi connectivity index (χ2v) is 5.39. The normalized spacial score (nSPS) is 10.6. The lowest BCUT2D eigenvalue weighted by Gasteiger charge is -2.08. The number of carbonyl (C=O) groups excluding carboxylic acids is 1. The number of aromatic amines is 1. The van der Waals surface area contributed by atoms with Crippen molar-refractivity contribution in [2.24, 2.45) is 0 Å². The van der Waals surface area contributed by atoms with Gasteiger partial charge in [0.1, 0.15) is 0 Å². The second-order valence-electron chi connectivity index (χ2n) is 5.00. The zero-order valence-electron chi connectivity index (χ0n) is 12.5. The first kappa shape index (κ1) is 16.2. The standard InChI is InChI=1S/C16H19N3O2S/c1-3-5-8-17-14(20)11-6-7-12-13(10-11)18-16(22)19(9-4-2)15(12)21/h4,6-7,10H,2-3,5,8-9H2,1H3,(H,17,20)(H,18,22). The summed E-state index contributed by atoms with van der Waals surface area (Å²) in [5.74, 6) is -0.148. The van der Waals surface area contributed by atoms with E-state index < -0.39 is 0 Å². The molecule has 1 aromatic heterocycles. The fourth-order valence-electron chi connectivity index (χ4n) is 2.17. The van der Waals surface area contributed by atoms with Gasteiger partial charge in [0.05, 0.1) is 10.9 Å². The van der Waals surface area contributed by atoms with Crippen LogP contribution in [0.1, 0.15) is 30.1 Å². The van der Waals surface area contributed by atoms with Crippen molar-refractivity contribution in [2.75, 3.05) is 6.54 Å². The number of aromatic nitrogens is 2. The summed E-state index contributed by atoms with van der Waals surface area (Å²) >= 11 is 5.19. The first-order chi connectivity index (χ1) is 10.6. The number of carbonyl (C=O) groups is 1. The zero-order chi connectivity index (χ0) is 16.1. The Hall–Kier alpha value is -2.21. The molecule has 0 spiro atoms. The lowest BCUT2D eigenvalue weighted by molar-refractivity contribution is 0.0953. The zero-order valence-corrected chi connectivity index (χ0v) is 13.3. The number of nitrogens with one attached hydrogen (secondary N) is 2. The first-order valence-electron chi connectivity index (χ1n) is 7.24. The number of amides is 1. The molecule has 1 amide bonds. The van der Waals surface area contributed by atoms with Crippen LogP contribution in [0.3, 0.4) is 0 Å². The molecule has 2 N–H and O–H groups in total. The third kappa shape index (κ3) is 3.33. The van der Waals surface area contributed by atoms with Crippen LogP contribution in [0.2, 0.25) is 0 Å². The number of unbranched alkanes of at least 4 members (excludes halogenated alkanes) is 1. The highest BCUT2D eigenvalue weighted by atomic mass is 32.1. The molecule has 0 unspecified atom stereocenters. The highest BCUT2D eigenvalue weighted by molar-refractivity contribution is 7.71.